The highest BCUT2D eigenvalue weighted by Gasteiger charge is 2.17. The van der Waals surface area contributed by atoms with Crippen molar-refractivity contribution < 1.29 is 4.74 Å². The summed E-state index contributed by atoms with van der Waals surface area (Å²) in [5, 5.41) is 3.30. The van der Waals surface area contributed by atoms with E-state index in [1.807, 2.05) is 54.6 Å². The first-order chi connectivity index (χ1) is 11.2. The van der Waals surface area contributed by atoms with E-state index in [0.717, 1.165) is 39.4 Å². The topological polar surface area (TPSA) is 21.3 Å². The quantitative estimate of drug-likeness (QED) is 0.799. The van der Waals surface area contributed by atoms with Crippen molar-refractivity contribution in [3.63, 3.8) is 0 Å². The Labute approximate surface area is 138 Å². The van der Waals surface area contributed by atoms with Gasteiger partial charge in [-0.05, 0) is 23.3 Å². The van der Waals surface area contributed by atoms with Crippen LogP contribution in [0.2, 0.25) is 6.32 Å². The van der Waals surface area contributed by atoms with E-state index in [4.69, 9.17) is 12.6 Å². The second-order valence-corrected chi connectivity index (χ2v) is 5.47. The number of fused-ring (bicyclic) bond motifs is 1. The van der Waals surface area contributed by atoms with E-state index in [1.165, 1.54) is 0 Å². The lowest BCUT2D eigenvalue weighted by Gasteiger charge is -2.22. The van der Waals surface area contributed by atoms with Gasteiger partial charge in [0.05, 0.1) is 13.5 Å². The fourth-order valence-electron chi connectivity index (χ4n) is 2.56. The Morgan fingerprint density at radius 1 is 1.09 bits per heavy atom. The maximum absolute atomic E-state index is 6.01. The molecule has 0 aromatic heterocycles. The normalized spacial score (nSPS) is 12.4. The fourth-order valence-corrected chi connectivity index (χ4v) is 2.56. The van der Waals surface area contributed by atoms with Crippen LogP contribution in [-0.2, 0) is 6.61 Å². The summed E-state index contributed by atoms with van der Waals surface area (Å²) in [6.07, 6.45) is 4.39. The molecule has 0 saturated heterocycles. The van der Waals surface area contributed by atoms with E-state index < -0.39 is 0 Å². The Kier molecular flexibility index (Phi) is 4.38. The van der Waals surface area contributed by atoms with E-state index >= 15 is 0 Å². The Morgan fingerprint density at radius 2 is 1.87 bits per heavy atom. The van der Waals surface area contributed by atoms with E-state index in [-0.39, 0.29) is 0 Å². The third-order valence-corrected chi connectivity index (χ3v) is 3.81. The van der Waals surface area contributed by atoms with Gasteiger partial charge in [0.15, 0.2) is 0 Å². The number of benzene rings is 2. The lowest BCUT2D eigenvalue weighted by molar-refractivity contribution is 0.307. The van der Waals surface area contributed by atoms with Gasteiger partial charge in [-0.1, -0.05) is 67.5 Å². The number of hydrogen-bond acceptors (Lipinski definition) is 2. The summed E-state index contributed by atoms with van der Waals surface area (Å²) >= 11 is 0. The Bertz CT molecular complexity index is 778. The summed E-state index contributed by atoms with van der Waals surface area (Å²) < 4.78 is 6.01. The molecule has 23 heavy (non-hydrogen) atoms. The highest BCUT2D eigenvalue weighted by Crippen LogP contribution is 2.39. The molecule has 3 heteroatoms. The lowest BCUT2D eigenvalue weighted by Crippen LogP contribution is -2.07. The Balaban J connectivity index is 1.94. The van der Waals surface area contributed by atoms with Crippen LogP contribution in [0.3, 0.4) is 0 Å². The minimum Gasteiger partial charge on any atom is -0.487 e. The van der Waals surface area contributed by atoms with E-state index in [2.05, 4.69) is 18.5 Å². The molecule has 2 aromatic carbocycles. The van der Waals surface area contributed by atoms with E-state index in [9.17, 15) is 0 Å². The maximum atomic E-state index is 6.01. The Hall–Kier alpha value is -2.68. The second kappa shape index (κ2) is 6.61. The number of nitrogens with one attached hydrogen (secondary N) is 1. The average molecular weight is 299 g/mol. The zero-order valence-corrected chi connectivity index (χ0v) is 13.0. The number of allylic oxidation sites excluding steroid dienone is 2. The summed E-state index contributed by atoms with van der Waals surface area (Å²) in [5.74, 6) is 0.794. The molecular weight excluding hydrogens is 281 g/mol. The van der Waals surface area contributed by atoms with Gasteiger partial charge in [-0.15, -0.1) is 0 Å². The van der Waals surface area contributed by atoms with Gasteiger partial charge in [0, 0.05) is 11.3 Å². The molecule has 0 atom stereocenters. The number of hydrogen-bond donors (Lipinski definition) is 1. The van der Waals surface area contributed by atoms with Crippen LogP contribution in [0.25, 0.3) is 11.6 Å². The second-order valence-electron chi connectivity index (χ2n) is 5.47. The van der Waals surface area contributed by atoms with Gasteiger partial charge in [0.2, 0.25) is 0 Å². The zero-order valence-electron chi connectivity index (χ0n) is 13.0. The summed E-state index contributed by atoms with van der Waals surface area (Å²) in [6.45, 7) is 8.53. The molecule has 1 aliphatic heterocycles. The van der Waals surface area contributed by atoms with Crippen molar-refractivity contribution in [1.29, 1.82) is 0 Å². The highest BCUT2D eigenvalue weighted by molar-refractivity contribution is 6.15. The Morgan fingerprint density at radius 3 is 2.61 bits per heavy atom. The molecule has 0 bridgehead atoms. The van der Waals surface area contributed by atoms with Crippen LogP contribution in [0, 0.1) is 0 Å². The van der Waals surface area contributed by atoms with Crippen molar-refractivity contribution in [3.05, 3.63) is 84.1 Å². The smallest absolute Gasteiger partial charge is 0.143 e. The van der Waals surface area contributed by atoms with Gasteiger partial charge >= 0.3 is 0 Å². The van der Waals surface area contributed by atoms with Crippen LogP contribution in [0.4, 0.5) is 5.69 Å². The van der Waals surface area contributed by atoms with Crippen LogP contribution < -0.4 is 10.1 Å². The predicted molar refractivity (Wildman–Crippen MR) is 98.6 cm³/mol. The molecule has 1 N–H and O–H groups in total. The van der Waals surface area contributed by atoms with Gasteiger partial charge in [0.1, 0.15) is 12.4 Å². The average Bonchev–Trinajstić information content (AvgIpc) is 2.59. The molecule has 0 fully saturated rings. The largest absolute Gasteiger partial charge is 0.487 e. The van der Waals surface area contributed by atoms with Gasteiger partial charge < -0.3 is 10.1 Å². The van der Waals surface area contributed by atoms with Crippen LogP contribution >= 0.6 is 0 Å². The number of ether oxygens (including phenoxy) is 1. The molecule has 3 rings (SSSR count). The van der Waals surface area contributed by atoms with Crippen molar-refractivity contribution in [2.75, 3.05) is 5.32 Å². The number of anilines is 1. The molecular formula is C20H18BNO. The molecule has 1 aliphatic rings. The molecule has 1 heterocycles. The highest BCUT2D eigenvalue weighted by atomic mass is 16.5. The van der Waals surface area contributed by atoms with E-state index in [0.29, 0.717) is 12.9 Å². The molecule has 0 saturated carbocycles. The van der Waals surface area contributed by atoms with Crippen molar-refractivity contribution in [2.45, 2.75) is 12.9 Å². The zero-order chi connectivity index (χ0) is 16.2. The SMILES string of the molecule is [B]CC(=C)c1ccc(OCc2ccccc2)c2c1C=CC(=C)N2. The molecule has 0 amide bonds. The summed E-state index contributed by atoms with van der Waals surface area (Å²) in [5.41, 5.74) is 5.85. The van der Waals surface area contributed by atoms with Crippen molar-refractivity contribution in [2.24, 2.45) is 0 Å². The number of rotatable bonds is 5. The minimum atomic E-state index is 0.422. The third kappa shape index (κ3) is 3.24. The maximum Gasteiger partial charge on any atom is 0.143 e. The molecule has 0 unspecified atom stereocenters. The first-order valence-electron chi connectivity index (χ1n) is 7.55. The van der Waals surface area contributed by atoms with Crippen molar-refractivity contribution >= 4 is 25.2 Å². The van der Waals surface area contributed by atoms with Crippen molar-refractivity contribution in [3.8, 4) is 5.75 Å². The van der Waals surface area contributed by atoms with Crippen molar-refractivity contribution in [1.82, 2.24) is 0 Å². The predicted octanol–water partition coefficient (Wildman–Crippen LogP) is 4.82. The summed E-state index contributed by atoms with van der Waals surface area (Å²) in [4.78, 5) is 0. The van der Waals surface area contributed by atoms with Gasteiger partial charge in [-0.25, -0.2) is 0 Å². The molecule has 2 nitrogen and oxygen atoms in total. The van der Waals surface area contributed by atoms with Crippen LogP contribution in [-0.4, -0.2) is 7.85 Å². The summed E-state index contributed by atoms with van der Waals surface area (Å²) in [7, 11) is 5.74. The molecule has 0 aliphatic carbocycles. The molecule has 2 radical (unpaired) electrons. The first-order valence-corrected chi connectivity index (χ1v) is 7.55. The van der Waals surface area contributed by atoms with Crippen LogP contribution in [0.1, 0.15) is 16.7 Å². The molecule has 0 spiro atoms. The fraction of sp³-hybridized carbons (Fsp3) is 0.100. The van der Waals surface area contributed by atoms with Crippen LogP contribution in [0.5, 0.6) is 5.75 Å². The monoisotopic (exact) mass is 299 g/mol. The molecule has 2 aromatic rings. The standard InChI is InChI=1S/C20H18BNO/c1-14(12-21)17-10-11-19(20-18(17)9-8-15(2)22-20)23-13-16-6-4-3-5-7-16/h3-11,22H,1-2,12-13H2. The van der Waals surface area contributed by atoms with Crippen LogP contribution in [0.15, 0.2) is 67.4 Å². The third-order valence-electron chi connectivity index (χ3n) is 3.81. The minimum absolute atomic E-state index is 0.422. The van der Waals surface area contributed by atoms with E-state index in [1.54, 1.807) is 0 Å². The van der Waals surface area contributed by atoms with Gasteiger partial charge in [-0.2, -0.15) is 0 Å². The summed E-state index contributed by atoms with van der Waals surface area (Å²) in [6, 6.07) is 14.1. The van der Waals surface area contributed by atoms with Gasteiger partial charge in [0.25, 0.3) is 0 Å². The van der Waals surface area contributed by atoms with Gasteiger partial charge in [-0.3, -0.25) is 0 Å². The lowest BCUT2D eigenvalue weighted by atomic mass is 9.88. The first kappa shape index (κ1) is 15.2. The molecule has 112 valence electrons.